The predicted octanol–water partition coefficient (Wildman–Crippen LogP) is 2.11. The number of anilines is 1. The number of nitrogens with zero attached hydrogens (tertiary/aromatic N) is 2. The van der Waals surface area contributed by atoms with Crippen LogP contribution in [0, 0.1) is 0 Å². The van der Waals surface area contributed by atoms with Crippen molar-refractivity contribution in [1.29, 1.82) is 0 Å². The average Bonchev–Trinajstić information content (AvgIpc) is 2.71. The molecule has 0 aromatic carbocycles. The van der Waals surface area contributed by atoms with Crippen LogP contribution in [-0.4, -0.2) is 16.0 Å². The van der Waals surface area contributed by atoms with Gasteiger partial charge in [-0.25, -0.2) is 9.97 Å². The summed E-state index contributed by atoms with van der Waals surface area (Å²) in [5.41, 5.74) is 0.927. The van der Waals surface area contributed by atoms with Crippen molar-refractivity contribution in [2.24, 2.45) is 0 Å². The first-order valence-corrected chi connectivity index (χ1v) is 4.88. The topological polar surface area (TPSA) is 51.0 Å². The van der Waals surface area contributed by atoms with E-state index in [0.29, 0.717) is 6.04 Å². The Hall–Kier alpha value is -1.84. The molecular formula is C11H13N3O. The molecule has 0 bridgehead atoms. The van der Waals surface area contributed by atoms with Crippen LogP contribution in [0.2, 0.25) is 0 Å². The molecule has 2 rings (SSSR count). The molecule has 0 aliphatic rings. The van der Waals surface area contributed by atoms with E-state index in [1.54, 1.807) is 18.7 Å². The van der Waals surface area contributed by atoms with Gasteiger partial charge < -0.3 is 9.73 Å². The van der Waals surface area contributed by atoms with E-state index >= 15 is 0 Å². The highest BCUT2D eigenvalue weighted by molar-refractivity contribution is 5.38. The number of aromatic nitrogens is 2. The van der Waals surface area contributed by atoms with Crippen LogP contribution in [0.1, 0.15) is 12.7 Å². The molecule has 78 valence electrons. The van der Waals surface area contributed by atoms with Gasteiger partial charge in [-0.2, -0.15) is 0 Å². The molecule has 0 saturated heterocycles. The van der Waals surface area contributed by atoms with E-state index in [1.165, 1.54) is 6.33 Å². The molecule has 2 heterocycles. The molecule has 15 heavy (non-hydrogen) atoms. The van der Waals surface area contributed by atoms with Gasteiger partial charge in [-0.1, -0.05) is 0 Å². The molecule has 0 amide bonds. The van der Waals surface area contributed by atoms with Crippen molar-refractivity contribution in [2.45, 2.75) is 19.4 Å². The smallest absolute Gasteiger partial charge is 0.115 e. The first-order valence-electron chi connectivity index (χ1n) is 4.88. The molecule has 4 heteroatoms. The van der Waals surface area contributed by atoms with Crippen LogP contribution in [0.25, 0.3) is 0 Å². The minimum Gasteiger partial charge on any atom is -0.469 e. The van der Waals surface area contributed by atoms with Crippen molar-refractivity contribution in [1.82, 2.24) is 9.97 Å². The monoisotopic (exact) mass is 203 g/mol. The van der Waals surface area contributed by atoms with Crippen LogP contribution < -0.4 is 5.32 Å². The Morgan fingerprint density at radius 3 is 2.87 bits per heavy atom. The SMILES string of the molecule is CC(Cc1ccco1)Nc1cncnc1. The maximum absolute atomic E-state index is 5.27. The van der Waals surface area contributed by atoms with Crippen molar-refractivity contribution in [2.75, 3.05) is 5.32 Å². The number of rotatable bonds is 4. The van der Waals surface area contributed by atoms with Gasteiger partial charge in [0.25, 0.3) is 0 Å². The lowest BCUT2D eigenvalue weighted by atomic mass is 10.2. The Bertz CT molecular complexity index is 385. The van der Waals surface area contributed by atoms with Crippen LogP contribution in [0.5, 0.6) is 0 Å². The summed E-state index contributed by atoms with van der Waals surface area (Å²) < 4.78 is 5.27. The summed E-state index contributed by atoms with van der Waals surface area (Å²) in [7, 11) is 0. The molecule has 2 aromatic heterocycles. The van der Waals surface area contributed by atoms with E-state index in [1.807, 2.05) is 12.1 Å². The van der Waals surface area contributed by atoms with Gasteiger partial charge in [-0.15, -0.1) is 0 Å². The highest BCUT2D eigenvalue weighted by atomic mass is 16.3. The molecule has 4 nitrogen and oxygen atoms in total. The molecule has 0 spiro atoms. The van der Waals surface area contributed by atoms with Gasteiger partial charge in [0.15, 0.2) is 0 Å². The maximum atomic E-state index is 5.27. The zero-order valence-corrected chi connectivity index (χ0v) is 8.55. The molecule has 1 atom stereocenters. The molecule has 1 unspecified atom stereocenters. The average molecular weight is 203 g/mol. The molecule has 0 fully saturated rings. The first-order chi connectivity index (χ1) is 7.34. The Labute approximate surface area is 88.4 Å². The minimum atomic E-state index is 0.294. The van der Waals surface area contributed by atoms with E-state index < -0.39 is 0 Å². The van der Waals surface area contributed by atoms with E-state index in [2.05, 4.69) is 22.2 Å². The van der Waals surface area contributed by atoms with Crippen molar-refractivity contribution in [3.05, 3.63) is 42.9 Å². The molecule has 0 aliphatic heterocycles. The lowest BCUT2D eigenvalue weighted by molar-refractivity contribution is 0.497. The third kappa shape index (κ3) is 2.80. The first kappa shape index (κ1) is 9.71. The molecule has 1 N–H and O–H groups in total. The lowest BCUT2D eigenvalue weighted by Crippen LogP contribution is -2.17. The fourth-order valence-electron chi connectivity index (χ4n) is 1.44. The Balaban J connectivity index is 1.90. The van der Waals surface area contributed by atoms with Gasteiger partial charge in [-0.05, 0) is 19.1 Å². The summed E-state index contributed by atoms with van der Waals surface area (Å²) in [6.45, 7) is 2.09. The fraction of sp³-hybridized carbons (Fsp3) is 0.273. The zero-order chi connectivity index (χ0) is 10.5. The highest BCUT2D eigenvalue weighted by Gasteiger charge is 2.05. The maximum Gasteiger partial charge on any atom is 0.115 e. The summed E-state index contributed by atoms with van der Waals surface area (Å²) in [4.78, 5) is 7.88. The van der Waals surface area contributed by atoms with E-state index in [9.17, 15) is 0 Å². The van der Waals surface area contributed by atoms with E-state index in [0.717, 1.165) is 17.9 Å². The molecule has 0 radical (unpaired) electrons. The third-order valence-corrected chi connectivity index (χ3v) is 2.06. The Morgan fingerprint density at radius 2 is 2.20 bits per heavy atom. The molecule has 0 saturated carbocycles. The normalized spacial score (nSPS) is 12.3. The summed E-state index contributed by atoms with van der Waals surface area (Å²) in [6.07, 6.45) is 7.56. The van der Waals surface area contributed by atoms with Crippen LogP contribution in [0.15, 0.2) is 41.5 Å². The highest BCUT2D eigenvalue weighted by Crippen LogP contribution is 2.08. The predicted molar refractivity (Wildman–Crippen MR) is 57.5 cm³/mol. The Morgan fingerprint density at radius 1 is 1.40 bits per heavy atom. The van der Waals surface area contributed by atoms with E-state index in [-0.39, 0.29) is 0 Å². The van der Waals surface area contributed by atoms with E-state index in [4.69, 9.17) is 4.42 Å². The Kier molecular flexibility index (Phi) is 2.97. The van der Waals surface area contributed by atoms with Crippen molar-refractivity contribution in [3.63, 3.8) is 0 Å². The minimum absolute atomic E-state index is 0.294. The van der Waals surface area contributed by atoms with Gasteiger partial charge in [0.05, 0.1) is 24.3 Å². The zero-order valence-electron chi connectivity index (χ0n) is 8.55. The van der Waals surface area contributed by atoms with Gasteiger partial charge in [0, 0.05) is 12.5 Å². The number of hydrogen-bond donors (Lipinski definition) is 1. The quantitative estimate of drug-likeness (QED) is 0.826. The molecule has 0 aliphatic carbocycles. The largest absolute Gasteiger partial charge is 0.469 e. The number of furan rings is 1. The summed E-state index contributed by atoms with van der Waals surface area (Å²) in [6, 6.07) is 4.16. The molecule has 2 aromatic rings. The van der Waals surface area contributed by atoms with Gasteiger partial charge >= 0.3 is 0 Å². The van der Waals surface area contributed by atoms with Crippen molar-refractivity contribution in [3.8, 4) is 0 Å². The van der Waals surface area contributed by atoms with Crippen molar-refractivity contribution < 1.29 is 4.42 Å². The van der Waals surface area contributed by atoms with Crippen LogP contribution >= 0.6 is 0 Å². The summed E-state index contributed by atoms with van der Waals surface area (Å²) in [5.74, 6) is 0.979. The van der Waals surface area contributed by atoms with Crippen LogP contribution in [0.4, 0.5) is 5.69 Å². The van der Waals surface area contributed by atoms with Gasteiger partial charge in [-0.3, -0.25) is 0 Å². The van der Waals surface area contributed by atoms with Crippen LogP contribution in [0.3, 0.4) is 0 Å². The van der Waals surface area contributed by atoms with Gasteiger partial charge in [0.2, 0.25) is 0 Å². The van der Waals surface area contributed by atoms with Crippen LogP contribution in [-0.2, 0) is 6.42 Å². The standard InChI is InChI=1S/C11H13N3O/c1-9(5-11-3-2-4-15-11)14-10-6-12-8-13-7-10/h2-4,6-9,14H,5H2,1H3. The van der Waals surface area contributed by atoms with Gasteiger partial charge in [0.1, 0.15) is 12.1 Å². The third-order valence-electron chi connectivity index (χ3n) is 2.06. The lowest BCUT2D eigenvalue weighted by Gasteiger charge is -2.12. The second kappa shape index (κ2) is 4.59. The second-order valence-corrected chi connectivity index (χ2v) is 3.46. The fourth-order valence-corrected chi connectivity index (χ4v) is 1.44. The number of hydrogen-bond acceptors (Lipinski definition) is 4. The number of nitrogens with one attached hydrogen (secondary N) is 1. The summed E-state index contributed by atoms with van der Waals surface area (Å²) in [5, 5.41) is 3.30. The summed E-state index contributed by atoms with van der Waals surface area (Å²) >= 11 is 0. The van der Waals surface area contributed by atoms with Crippen molar-refractivity contribution >= 4 is 5.69 Å². The molecular weight excluding hydrogens is 190 g/mol. The second-order valence-electron chi connectivity index (χ2n) is 3.46.